The number of carbonyl (C=O) groups excluding carboxylic acids is 2. The molecule has 1 aliphatic heterocycles. The monoisotopic (exact) mass is 608 g/mol. The van der Waals surface area contributed by atoms with E-state index in [2.05, 4.69) is 44.2 Å². The van der Waals surface area contributed by atoms with E-state index in [1.807, 2.05) is 0 Å². The molecule has 0 radical (unpaired) electrons. The van der Waals surface area contributed by atoms with Gasteiger partial charge in [0.05, 0.1) is 49.9 Å². The average molecular weight is 609 g/mol. The van der Waals surface area contributed by atoms with Crippen molar-refractivity contribution in [1.29, 1.82) is 0 Å². The largest absolute Gasteiger partial charge is 0.382 e. The Labute approximate surface area is 243 Å². The van der Waals surface area contributed by atoms with Crippen LogP contribution in [-0.4, -0.2) is 80.4 Å². The average Bonchev–Trinajstić information content (AvgIpc) is 3.37. The van der Waals surface area contributed by atoms with E-state index in [-0.39, 0.29) is 36.7 Å². The van der Waals surface area contributed by atoms with Crippen molar-refractivity contribution in [3.05, 3.63) is 54.3 Å². The molecule has 3 aliphatic rings. The maximum Gasteiger partial charge on any atom is 0.318 e. The number of urea groups is 1. The maximum absolute atomic E-state index is 14.3. The van der Waals surface area contributed by atoms with Crippen LogP contribution in [0, 0.1) is 5.92 Å². The normalized spacial score (nSPS) is 22.4. The van der Waals surface area contributed by atoms with Crippen LogP contribution in [0.5, 0.6) is 0 Å². The van der Waals surface area contributed by atoms with Crippen molar-refractivity contribution in [2.45, 2.75) is 62.0 Å². The zero-order valence-electron chi connectivity index (χ0n) is 23.4. The van der Waals surface area contributed by atoms with E-state index in [0.717, 1.165) is 17.7 Å². The summed E-state index contributed by atoms with van der Waals surface area (Å²) in [7, 11) is 1.39. The topological polar surface area (TPSA) is 140 Å². The molecule has 43 heavy (non-hydrogen) atoms. The third kappa shape index (κ3) is 6.48. The van der Waals surface area contributed by atoms with Crippen molar-refractivity contribution in [2.75, 3.05) is 26.8 Å². The lowest BCUT2D eigenvalue weighted by molar-refractivity contribution is -0.0509. The van der Waals surface area contributed by atoms with Crippen LogP contribution in [0.1, 0.15) is 77.5 Å². The maximum atomic E-state index is 14.3. The first-order chi connectivity index (χ1) is 20.5. The Morgan fingerprint density at radius 3 is 2.67 bits per heavy atom. The van der Waals surface area contributed by atoms with Crippen molar-refractivity contribution < 1.29 is 36.5 Å². The quantitative estimate of drug-likeness (QED) is 0.274. The standard InChI is InChI=1S/C25H28F4N8O4.C2H4/c1-40-10-17(36-12-25(28,29)11-30-23(36)39)15-6-18-32-16(9-37(18)31-8-15)19(14-4-5-24(26,27)7-14)33-22(38)21-20(13-2-3-13)34-41-35-21;1-2/h6,8-9,13-14,17,19H,2-5,7,10-12H2,1H3,(H,30,39)(H,33,38);1-2H2/t14?,17-,19-;/m1./s1. The van der Waals surface area contributed by atoms with Crippen LogP contribution in [0.3, 0.4) is 0 Å². The number of amides is 3. The molecule has 0 spiro atoms. The van der Waals surface area contributed by atoms with Gasteiger partial charge in [-0.1, -0.05) is 5.16 Å². The molecular weight excluding hydrogens is 576 g/mol. The minimum atomic E-state index is -3.13. The van der Waals surface area contributed by atoms with E-state index in [9.17, 15) is 27.2 Å². The fourth-order valence-electron chi connectivity index (χ4n) is 5.59. The number of hydrogen-bond acceptors (Lipinski definition) is 8. The van der Waals surface area contributed by atoms with Crippen LogP contribution in [-0.2, 0) is 4.74 Å². The first-order valence-corrected chi connectivity index (χ1v) is 13.8. The molecule has 3 aromatic rings. The molecule has 16 heteroatoms. The Bertz CT molecular complexity index is 1480. The molecule has 2 aliphatic carbocycles. The van der Waals surface area contributed by atoms with E-state index in [1.54, 1.807) is 6.07 Å². The van der Waals surface area contributed by atoms with Gasteiger partial charge in [0.2, 0.25) is 5.92 Å². The second kappa shape index (κ2) is 11.9. The number of carbonyl (C=O) groups is 2. The van der Waals surface area contributed by atoms with Gasteiger partial charge in [-0.3, -0.25) is 4.79 Å². The van der Waals surface area contributed by atoms with Gasteiger partial charge in [-0.05, 0) is 36.4 Å². The van der Waals surface area contributed by atoms with Crippen LogP contribution in [0.25, 0.3) is 5.65 Å². The van der Waals surface area contributed by atoms with Gasteiger partial charge in [0.1, 0.15) is 5.69 Å². The summed E-state index contributed by atoms with van der Waals surface area (Å²) >= 11 is 0. The first-order valence-electron chi connectivity index (χ1n) is 13.8. The van der Waals surface area contributed by atoms with Crippen LogP contribution < -0.4 is 10.6 Å². The summed E-state index contributed by atoms with van der Waals surface area (Å²) in [6, 6.07) is -0.894. The van der Waals surface area contributed by atoms with E-state index in [1.165, 1.54) is 24.0 Å². The van der Waals surface area contributed by atoms with Crippen LogP contribution in [0.2, 0.25) is 0 Å². The van der Waals surface area contributed by atoms with Crippen LogP contribution in [0.15, 0.2) is 36.2 Å². The molecule has 0 bridgehead atoms. The predicted molar refractivity (Wildman–Crippen MR) is 143 cm³/mol. The smallest absolute Gasteiger partial charge is 0.318 e. The number of hydrogen-bond donors (Lipinski definition) is 2. The minimum Gasteiger partial charge on any atom is -0.382 e. The Kier molecular flexibility index (Phi) is 8.40. The lowest BCUT2D eigenvalue weighted by Crippen LogP contribution is -2.58. The third-order valence-electron chi connectivity index (χ3n) is 7.82. The number of halogens is 4. The van der Waals surface area contributed by atoms with E-state index < -0.39 is 61.3 Å². The highest BCUT2D eigenvalue weighted by atomic mass is 19.3. The molecule has 6 rings (SSSR count). The van der Waals surface area contributed by atoms with Crippen molar-refractivity contribution >= 4 is 17.6 Å². The number of imidazole rings is 1. The molecule has 1 unspecified atom stereocenters. The van der Waals surface area contributed by atoms with E-state index in [0.29, 0.717) is 17.0 Å². The lowest BCUT2D eigenvalue weighted by Gasteiger charge is -2.38. The number of rotatable bonds is 9. The van der Waals surface area contributed by atoms with Gasteiger partial charge in [0.15, 0.2) is 11.3 Å². The molecule has 0 aromatic carbocycles. The molecule has 3 atom stereocenters. The molecule has 232 valence electrons. The van der Waals surface area contributed by atoms with Crippen molar-refractivity contribution in [2.24, 2.45) is 5.92 Å². The van der Waals surface area contributed by atoms with Gasteiger partial charge < -0.3 is 20.3 Å². The fourth-order valence-corrected chi connectivity index (χ4v) is 5.59. The van der Waals surface area contributed by atoms with Crippen molar-refractivity contribution in [3.63, 3.8) is 0 Å². The van der Waals surface area contributed by atoms with Crippen molar-refractivity contribution in [3.8, 4) is 0 Å². The molecule has 4 heterocycles. The summed E-state index contributed by atoms with van der Waals surface area (Å²) in [6.45, 7) is 4.35. The van der Waals surface area contributed by atoms with E-state index >= 15 is 0 Å². The Morgan fingerprint density at radius 1 is 1.23 bits per heavy atom. The van der Waals surface area contributed by atoms with Gasteiger partial charge in [0, 0.05) is 31.4 Å². The Balaban J connectivity index is 0.00000180. The molecule has 1 saturated heterocycles. The SMILES string of the molecule is C=C.COC[C@H](c1cnn2cc([C@H](NC(=O)c3nonc3C3CC3)C3CCC(F)(F)C3)nc2c1)N1CC(F)(F)CNC1=O. The summed E-state index contributed by atoms with van der Waals surface area (Å²) < 4.78 is 68.2. The molecule has 3 fully saturated rings. The van der Waals surface area contributed by atoms with Gasteiger partial charge in [0.25, 0.3) is 11.8 Å². The zero-order chi connectivity index (χ0) is 30.9. The number of nitrogens with zero attached hydrogens (tertiary/aromatic N) is 6. The highest BCUT2D eigenvalue weighted by Crippen LogP contribution is 2.45. The summed E-state index contributed by atoms with van der Waals surface area (Å²) in [4.78, 5) is 31.2. The molecule has 2 N–H and O–H groups in total. The number of methoxy groups -OCH3 is 1. The summed E-state index contributed by atoms with van der Waals surface area (Å²) in [5.74, 6) is -7.15. The van der Waals surface area contributed by atoms with Gasteiger partial charge in [-0.2, -0.15) is 5.10 Å². The van der Waals surface area contributed by atoms with Crippen LogP contribution in [0.4, 0.5) is 22.4 Å². The van der Waals surface area contributed by atoms with Gasteiger partial charge in [-0.25, -0.2) is 36.5 Å². The first kappa shape index (κ1) is 30.4. The molecule has 12 nitrogen and oxygen atoms in total. The number of fused-ring (bicyclic) bond motifs is 1. The van der Waals surface area contributed by atoms with Crippen LogP contribution >= 0.6 is 0 Å². The second-order valence-corrected chi connectivity index (χ2v) is 11.0. The highest BCUT2D eigenvalue weighted by Gasteiger charge is 2.45. The number of nitrogens with one attached hydrogen (secondary N) is 2. The number of alkyl halides is 4. The lowest BCUT2D eigenvalue weighted by atomic mass is 9.95. The van der Waals surface area contributed by atoms with Crippen molar-refractivity contribution in [1.82, 2.24) is 40.4 Å². The molecule has 3 aromatic heterocycles. The third-order valence-corrected chi connectivity index (χ3v) is 7.82. The summed E-state index contributed by atoms with van der Waals surface area (Å²) in [5.41, 5.74) is 1.41. The summed E-state index contributed by atoms with van der Waals surface area (Å²) in [5, 5.41) is 16.9. The number of aromatic nitrogens is 5. The molecular formula is C27H32F4N8O4. The van der Waals surface area contributed by atoms with Gasteiger partial charge in [-0.15, -0.1) is 13.2 Å². The summed E-state index contributed by atoms with van der Waals surface area (Å²) in [6.07, 6.45) is 4.04. The fraction of sp³-hybridized carbons (Fsp3) is 0.556. The zero-order valence-corrected chi connectivity index (χ0v) is 23.4. The Morgan fingerprint density at radius 2 is 2.00 bits per heavy atom. The van der Waals surface area contributed by atoms with Gasteiger partial charge >= 0.3 is 6.03 Å². The second-order valence-electron chi connectivity index (χ2n) is 11.0. The van der Waals surface area contributed by atoms with E-state index in [4.69, 9.17) is 9.37 Å². The highest BCUT2D eigenvalue weighted by molar-refractivity contribution is 5.93. The minimum absolute atomic E-state index is 0.0189. The number of ether oxygens (including phenoxy) is 1. The molecule has 2 saturated carbocycles. The molecule has 3 amide bonds. The predicted octanol–water partition coefficient (Wildman–Crippen LogP) is 4.05. The Hall–Kier alpha value is -4.08.